The molecule has 180 valence electrons. The van der Waals surface area contributed by atoms with Gasteiger partial charge in [0.1, 0.15) is 0 Å². The van der Waals surface area contributed by atoms with E-state index in [1.165, 1.54) is 7.11 Å². The van der Waals surface area contributed by atoms with Crippen LogP contribution in [0.25, 0.3) is 0 Å². The van der Waals surface area contributed by atoms with Gasteiger partial charge in [-0.25, -0.2) is 9.79 Å². The summed E-state index contributed by atoms with van der Waals surface area (Å²) in [5.74, 6) is -0.476. The lowest BCUT2D eigenvalue weighted by Crippen LogP contribution is -2.43. The number of hydrogen-bond donors (Lipinski definition) is 3. The highest BCUT2D eigenvalue weighted by Gasteiger charge is 2.22. The lowest BCUT2D eigenvalue weighted by Gasteiger charge is -2.21. The maximum absolute atomic E-state index is 13.0. The van der Waals surface area contributed by atoms with Crippen LogP contribution < -0.4 is 16.0 Å². The normalized spacial score (nSPS) is 14.2. The van der Waals surface area contributed by atoms with Crippen LogP contribution in [0.2, 0.25) is 0 Å². The molecule has 0 spiro atoms. The molecule has 1 saturated carbocycles. The fourth-order valence-corrected chi connectivity index (χ4v) is 4.45. The van der Waals surface area contributed by atoms with E-state index >= 15 is 0 Å². The molecular weight excluding hydrogens is 452 g/mol. The van der Waals surface area contributed by atoms with Crippen LogP contribution in [0.5, 0.6) is 0 Å². The predicted molar refractivity (Wildman–Crippen MR) is 133 cm³/mol. The molecule has 8 nitrogen and oxygen atoms in total. The maximum Gasteiger partial charge on any atom is 0.413 e. The molecule has 2 aromatic carbocycles. The number of anilines is 1. The van der Waals surface area contributed by atoms with Crippen LogP contribution in [-0.4, -0.2) is 31.0 Å². The molecule has 34 heavy (non-hydrogen) atoms. The van der Waals surface area contributed by atoms with Gasteiger partial charge in [0.25, 0.3) is 0 Å². The van der Waals surface area contributed by atoms with E-state index < -0.39 is 6.09 Å². The Balaban J connectivity index is 1.93. The van der Waals surface area contributed by atoms with Crippen molar-refractivity contribution < 1.29 is 19.1 Å². The Morgan fingerprint density at radius 2 is 1.74 bits per heavy atom. The summed E-state index contributed by atoms with van der Waals surface area (Å²) in [6.07, 6.45) is 4.42. The van der Waals surface area contributed by atoms with Crippen LogP contribution in [0.15, 0.2) is 63.3 Å². The van der Waals surface area contributed by atoms with Gasteiger partial charge in [0.15, 0.2) is 0 Å². The number of methoxy groups -OCH3 is 1. The number of rotatable bonds is 6. The van der Waals surface area contributed by atoms with E-state index in [9.17, 15) is 14.4 Å². The second-order valence-corrected chi connectivity index (χ2v) is 9.04. The summed E-state index contributed by atoms with van der Waals surface area (Å²) >= 11 is 1.56. The minimum atomic E-state index is -0.765. The minimum Gasteiger partial charge on any atom is -0.453 e. The van der Waals surface area contributed by atoms with Gasteiger partial charge in [0.05, 0.1) is 18.5 Å². The lowest BCUT2D eigenvalue weighted by molar-refractivity contribution is -0.121. The number of carbonyl (C=O) groups is 3. The van der Waals surface area contributed by atoms with Gasteiger partial charge in [-0.2, -0.15) is 0 Å². The zero-order valence-corrected chi connectivity index (χ0v) is 20.2. The van der Waals surface area contributed by atoms with Crippen LogP contribution >= 0.6 is 11.8 Å². The van der Waals surface area contributed by atoms with Crippen LogP contribution in [0.4, 0.5) is 16.2 Å². The third-order valence-corrected chi connectivity index (χ3v) is 6.40. The van der Waals surface area contributed by atoms with E-state index in [1.807, 2.05) is 42.5 Å². The number of hydrogen-bond acceptors (Lipinski definition) is 6. The van der Waals surface area contributed by atoms with Crippen molar-refractivity contribution in [2.45, 2.75) is 55.2 Å². The number of alkyl carbamates (subject to hydrolysis) is 1. The highest BCUT2D eigenvalue weighted by atomic mass is 32.2. The summed E-state index contributed by atoms with van der Waals surface area (Å²) in [5, 5.41) is 8.01. The van der Waals surface area contributed by atoms with Crippen molar-refractivity contribution in [2.24, 2.45) is 10.9 Å². The van der Waals surface area contributed by atoms with Crippen molar-refractivity contribution in [3.8, 4) is 0 Å². The van der Waals surface area contributed by atoms with E-state index in [0.29, 0.717) is 11.4 Å². The highest BCUT2D eigenvalue weighted by molar-refractivity contribution is 7.99. The first-order valence-electron chi connectivity index (χ1n) is 11.4. The molecule has 1 fully saturated rings. The molecule has 3 N–H and O–H groups in total. The zero-order chi connectivity index (χ0) is 24.3. The topological polar surface area (TPSA) is 109 Å². The monoisotopic (exact) mass is 482 g/mol. The van der Waals surface area contributed by atoms with Crippen molar-refractivity contribution in [1.82, 2.24) is 10.6 Å². The SMILES string of the molecule is CCC(=O)NC(=Nc1ccc(Sc2ccccc2)cc1NC(=O)C1CCCCC1)NC(=O)OC. The molecule has 9 heteroatoms. The van der Waals surface area contributed by atoms with Gasteiger partial charge in [0.2, 0.25) is 17.8 Å². The fraction of sp³-hybridized carbons (Fsp3) is 0.360. The molecule has 3 amide bonds. The Hall–Kier alpha value is -3.33. The second kappa shape index (κ2) is 12.8. The minimum absolute atomic E-state index is 0.0385. The summed E-state index contributed by atoms with van der Waals surface area (Å²) in [5.41, 5.74) is 0.913. The number of carbonyl (C=O) groups excluding carboxylic acids is 3. The van der Waals surface area contributed by atoms with Crippen molar-refractivity contribution >= 4 is 47.0 Å². The number of ether oxygens (including phenoxy) is 1. The number of guanidine groups is 1. The number of nitrogens with zero attached hydrogens (tertiary/aromatic N) is 1. The molecule has 0 aromatic heterocycles. The third-order valence-electron chi connectivity index (χ3n) is 5.40. The van der Waals surface area contributed by atoms with Crippen LogP contribution in [0.1, 0.15) is 45.4 Å². The molecular formula is C25H30N4O4S. The van der Waals surface area contributed by atoms with Crippen molar-refractivity contribution in [2.75, 3.05) is 12.4 Å². The summed E-state index contributed by atoms with van der Waals surface area (Å²) in [6, 6.07) is 15.4. The molecule has 0 unspecified atom stereocenters. The van der Waals surface area contributed by atoms with E-state index in [4.69, 9.17) is 0 Å². The summed E-state index contributed by atoms with van der Waals surface area (Å²) in [6.45, 7) is 1.69. The Labute approximate surface area is 203 Å². The Kier molecular flexibility index (Phi) is 9.51. The standard InChI is InChI=1S/C25H30N4O4S/c1-3-22(30)28-24(29-25(32)33-2)27-20-15-14-19(34-18-12-8-5-9-13-18)16-21(20)26-23(31)17-10-6-4-7-11-17/h5,8-9,12-17H,3-4,6-7,10-11H2,1-2H3,(H,26,31)(H2,27,28,29,30,32). The molecule has 0 atom stereocenters. The largest absolute Gasteiger partial charge is 0.453 e. The average Bonchev–Trinajstić information content (AvgIpc) is 2.86. The van der Waals surface area contributed by atoms with Gasteiger partial charge in [-0.3, -0.25) is 20.2 Å². The van der Waals surface area contributed by atoms with Crippen molar-refractivity contribution in [1.29, 1.82) is 0 Å². The second-order valence-electron chi connectivity index (χ2n) is 7.90. The Bertz CT molecular complexity index is 1020. The van der Waals surface area contributed by atoms with Crippen LogP contribution in [0, 0.1) is 5.92 Å². The van der Waals surface area contributed by atoms with Crippen molar-refractivity contribution in [3.05, 3.63) is 48.5 Å². The third kappa shape index (κ3) is 7.62. The summed E-state index contributed by atoms with van der Waals surface area (Å²) < 4.78 is 4.64. The van der Waals surface area contributed by atoms with E-state index in [-0.39, 0.29) is 30.1 Å². The molecule has 0 radical (unpaired) electrons. The lowest BCUT2D eigenvalue weighted by atomic mass is 9.88. The first-order valence-corrected chi connectivity index (χ1v) is 12.2. The first kappa shape index (κ1) is 25.3. The molecule has 2 aromatic rings. The molecule has 0 bridgehead atoms. The molecule has 1 aliphatic carbocycles. The number of amides is 3. The Morgan fingerprint density at radius 1 is 1.00 bits per heavy atom. The van der Waals surface area contributed by atoms with Crippen molar-refractivity contribution in [3.63, 3.8) is 0 Å². The first-order chi connectivity index (χ1) is 16.5. The van der Waals surface area contributed by atoms with Gasteiger partial charge in [-0.05, 0) is 43.2 Å². The van der Waals surface area contributed by atoms with Crippen LogP contribution in [0.3, 0.4) is 0 Å². The quantitative estimate of drug-likeness (QED) is 0.386. The predicted octanol–water partition coefficient (Wildman–Crippen LogP) is 5.23. The molecule has 0 aliphatic heterocycles. The number of aliphatic imine (C=N–C) groups is 1. The average molecular weight is 483 g/mol. The molecule has 0 heterocycles. The smallest absolute Gasteiger partial charge is 0.413 e. The van der Waals surface area contributed by atoms with E-state index in [0.717, 1.165) is 41.9 Å². The zero-order valence-electron chi connectivity index (χ0n) is 19.4. The summed E-state index contributed by atoms with van der Waals surface area (Å²) in [4.78, 5) is 43.1. The van der Waals surface area contributed by atoms with E-state index in [2.05, 4.69) is 25.7 Å². The van der Waals surface area contributed by atoms with Gasteiger partial charge in [0, 0.05) is 22.1 Å². The maximum atomic E-state index is 13.0. The van der Waals surface area contributed by atoms with E-state index in [1.54, 1.807) is 24.8 Å². The molecule has 1 aliphatic rings. The number of nitrogens with one attached hydrogen (secondary N) is 3. The molecule has 0 saturated heterocycles. The summed E-state index contributed by atoms with van der Waals surface area (Å²) in [7, 11) is 1.22. The fourth-order valence-electron chi connectivity index (χ4n) is 3.58. The highest BCUT2D eigenvalue weighted by Crippen LogP contribution is 2.35. The van der Waals surface area contributed by atoms with Gasteiger partial charge < -0.3 is 10.1 Å². The van der Waals surface area contributed by atoms with Gasteiger partial charge >= 0.3 is 6.09 Å². The molecule has 3 rings (SSSR count). The number of benzene rings is 2. The van der Waals surface area contributed by atoms with Gasteiger partial charge in [-0.1, -0.05) is 56.1 Å². The van der Waals surface area contributed by atoms with Crippen LogP contribution in [-0.2, 0) is 14.3 Å². The Morgan fingerprint density at radius 3 is 2.41 bits per heavy atom. The van der Waals surface area contributed by atoms with Gasteiger partial charge in [-0.15, -0.1) is 0 Å².